The summed E-state index contributed by atoms with van der Waals surface area (Å²) in [4.78, 5) is 11.0. The molecule has 2 aromatic rings. The number of hydrogen-bond donors (Lipinski definition) is 1. The van der Waals surface area contributed by atoms with Gasteiger partial charge in [0.05, 0.1) is 12.0 Å². The van der Waals surface area contributed by atoms with Gasteiger partial charge in [-0.2, -0.15) is 0 Å². The molecular weight excluding hydrogens is 264 g/mol. The van der Waals surface area contributed by atoms with Gasteiger partial charge in [0.2, 0.25) is 0 Å². The molecule has 0 heterocycles. The van der Waals surface area contributed by atoms with Crippen LogP contribution in [0.3, 0.4) is 0 Å². The van der Waals surface area contributed by atoms with Crippen LogP contribution in [0.25, 0.3) is 0 Å². The Morgan fingerprint density at radius 3 is 2.47 bits per heavy atom. The Kier molecular flexibility index (Phi) is 4.25. The Labute approximate surface area is 114 Å². The topological polar surface area (TPSA) is 64.4 Å². The molecular formula is C13H12N2O3S. The highest BCUT2D eigenvalue weighted by atomic mass is 32.2. The van der Waals surface area contributed by atoms with E-state index in [0.29, 0.717) is 4.90 Å². The molecule has 0 unspecified atom stereocenters. The van der Waals surface area contributed by atoms with Crippen molar-refractivity contribution >= 4 is 23.3 Å². The molecule has 2 rings (SSSR count). The van der Waals surface area contributed by atoms with Gasteiger partial charge in [-0.3, -0.25) is 10.1 Å². The summed E-state index contributed by atoms with van der Waals surface area (Å²) in [5, 5.41) is 10.9. The summed E-state index contributed by atoms with van der Waals surface area (Å²) in [6.07, 6.45) is 0. The van der Waals surface area contributed by atoms with Crippen molar-refractivity contribution in [2.24, 2.45) is 0 Å². The summed E-state index contributed by atoms with van der Waals surface area (Å²) in [6.45, 7) is 0. The first-order valence-corrected chi connectivity index (χ1v) is 6.32. The van der Waals surface area contributed by atoms with Crippen LogP contribution in [0.2, 0.25) is 0 Å². The van der Waals surface area contributed by atoms with E-state index >= 15 is 0 Å². The number of anilines is 1. The van der Waals surface area contributed by atoms with Gasteiger partial charge in [0.25, 0.3) is 5.69 Å². The lowest BCUT2D eigenvalue weighted by atomic mass is 10.3. The molecule has 0 aliphatic heterocycles. The smallest absolute Gasteiger partial charge is 0.284 e. The molecule has 0 bridgehead atoms. The van der Waals surface area contributed by atoms with Crippen LogP contribution in [0, 0.1) is 10.1 Å². The van der Waals surface area contributed by atoms with Gasteiger partial charge >= 0.3 is 0 Å². The lowest BCUT2D eigenvalue weighted by Gasteiger charge is -2.06. The van der Waals surface area contributed by atoms with Crippen molar-refractivity contribution in [1.29, 1.82) is 0 Å². The van der Waals surface area contributed by atoms with E-state index in [0.717, 1.165) is 11.4 Å². The fourth-order valence-electron chi connectivity index (χ4n) is 1.47. The second-order valence-corrected chi connectivity index (χ2v) is 4.51. The minimum absolute atomic E-state index is 0.0912. The van der Waals surface area contributed by atoms with E-state index in [1.54, 1.807) is 25.3 Å². The maximum atomic E-state index is 10.9. The summed E-state index contributed by atoms with van der Waals surface area (Å²) < 4.78 is 8.12. The first-order valence-electron chi connectivity index (χ1n) is 5.51. The molecule has 0 amide bonds. The van der Waals surface area contributed by atoms with Gasteiger partial charge < -0.3 is 9.46 Å². The molecule has 0 aliphatic carbocycles. The number of nitrogens with zero attached hydrogens (tertiary/aromatic N) is 1. The van der Waals surface area contributed by atoms with E-state index in [4.69, 9.17) is 4.74 Å². The van der Waals surface area contributed by atoms with Crippen molar-refractivity contribution in [3.8, 4) is 5.75 Å². The van der Waals surface area contributed by atoms with Crippen molar-refractivity contribution in [2.45, 2.75) is 4.90 Å². The summed E-state index contributed by atoms with van der Waals surface area (Å²) >= 11 is 1.21. The van der Waals surface area contributed by atoms with Crippen molar-refractivity contribution in [2.75, 3.05) is 11.8 Å². The summed E-state index contributed by atoms with van der Waals surface area (Å²) in [5.41, 5.74) is 0.942. The first-order chi connectivity index (χ1) is 9.20. The maximum absolute atomic E-state index is 10.9. The fourth-order valence-corrected chi connectivity index (χ4v) is 2.22. The lowest BCUT2D eigenvalue weighted by molar-refractivity contribution is -0.387. The number of rotatable bonds is 5. The number of benzene rings is 2. The van der Waals surface area contributed by atoms with Crippen molar-refractivity contribution in [1.82, 2.24) is 0 Å². The van der Waals surface area contributed by atoms with Crippen molar-refractivity contribution in [3.63, 3.8) is 0 Å². The SMILES string of the molecule is COc1ccc(NSc2ccccc2[N+](=O)[O-])cc1. The number of nitrogens with one attached hydrogen (secondary N) is 1. The second-order valence-electron chi connectivity index (χ2n) is 3.66. The van der Waals surface area contributed by atoms with Crippen LogP contribution in [0.15, 0.2) is 53.4 Å². The van der Waals surface area contributed by atoms with Gasteiger partial charge in [0, 0.05) is 11.8 Å². The number of nitro benzene ring substituents is 1. The van der Waals surface area contributed by atoms with E-state index < -0.39 is 4.92 Å². The lowest BCUT2D eigenvalue weighted by Crippen LogP contribution is -1.93. The molecule has 0 saturated heterocycles. The normalized spacial score (nSPS) is 9.95. The fraction of sp³-hybridized carbons (Fsp3) is 0.0769. The Balaban J connectivity index is 2.07. The molecule has 0 aliphatic rings. The van der Waals surface area contributed by atoms with Gasteiger partial charge in [-0.1, -0.05) is 12.1 Å². The third-order valence-electron chi connectivity index (χ3n) is 2.43. The predicted octanol–water partition coefficient (Wildman–Crippen LogP) is 3.72. The Bertz CT molecular complexity index is 572. The summed E-state index contributed by atoms with van der Waals surface area (Å²) in [6, 6.07) is 13.9. The van der Waals surface area contributed by atoms with E-state index in [2.05, 4.69) is 4.72 Å². The molecule has 19 heavy (non-hydrogen) atoms. The minimum Gasteiger partial charge on any atom is -0.497 e. The highest BCUT2D eigenvalue weighted by Crippen LogP contribution is 2.29. The Morgan fingerprint density at radius 2 is 1.84 bits per heavy atom. The number of methoxy groups -OCH3 is 1. The summed E-state index contributed by atoms with van der Waals surface area (Å²) in [5.74, 6) is 0.765. The average Bonchev–Trinajstić information content (AvgIpc) is 2.46. The quantitative estimate of drug-likeness (QED) is 0.512. The predicted molar refractivity (Wildman–Crippen MR) is 75.6 cm³/mol. The Morgan fingerprint density at radius 1 is 1.16 bits per heavy atom. The monoisotopic (exact) mass is 276 g/mol. The number of hydrogen-bond acceptors (Lipinski definition) is 5. The second kappa shape index (κ2) is 6.10. The molecule has 0 fully saturated rings. The van der Waals surface area contributed by atoms with E-state index in [1.807, 2.05) is 24.3 Å². The molecule has 98 valence electrons. The van der Waals surface area contributed by atoms with Crippen LogP contribution in [-0.4, -0.2) is 12.0 Å². The molecule has 0 radical (unpaired) electrons. The molecule has 1 N–H and O–H groups in total. The van der Waals surface area contributed by atoms with Gasteiger partial charge in [0.15, 0.2) is 0 Å². The van der Waals surface area contributed by atoms with Crippen LogP contribution >= 0.6 is 11.9 Å². The third kappa shape index (κ3) is 3.38. The van der Waals surface area contributed by atoms with Crippen LogP contribution < -0.4 is 9.46 Å². The molecule has 6 heteroatoms. The van der Waals surface area contributed by atoms with Crippen molar-refractivity contribution in [3.05, 3.63) is 58.6 Å². The van der Waals surface area contributed by atoms with Gasteiger partial charge in [-0.25, -0.2) is 0 Å². The number of nitro groups is 1. The largest absolute Gasteiger partial charge is 0.497 e. The van der Waals surface area contributed by atoms with Crippen LogP contribution in [0.5, 0.6) is 5.75 Å². The van der Waals surface area contributed by atoms with Gasteiger partial charge in [-0.15, -0.1) is 0 Å². The summed E-state index contributed by atoms with van der Waals surface area (Å²) in [7, 11) is 1.60. The standard InChI is InChI=1S/C13H12N2O3S/c1-18-11-8-6-10(7-9-11)14-19-13-5-3-2-4-12(13)15(16)17/h2-9,14H,1H3. The van der Waals surface area contributed by atoms with Crippen LogP contribution in [-0.2, 0) is 0 Å². The highest BCUT2D eigenvalue weighted by Gasteiger charge is 2.12. The van der Waals surface area contributed by atoms with Crippen molar-refractivity contribution < 1.29 is 9.66 Å². The third-order valence-corrected chi connectivity index (χ3v) is 3.33. The van der Waals surface area contributed by atoms with Crippen LogP contribution in [0.1, 0.15) is 0 Å². The van der Waals surface area contributed by atoms with E-state index in [9.17, 15) is 10.1 Å². The zero-order chi connectivity index (χ0) is 13.7. The molecule has 5 nitrogen and oxygen atoms in total. The molecule has 2 aromatic carbocycles. The zero-order valence-corrected chi connectivity index (χ0v) is 11.0. The number of ether oxygens (including phenoxy) is 1. The molecule has 0 aromatic heterocycles. The van der Waals surface area contributed by atoms with Crippen LogP contribution in [0.4, 0.5) is 11.4 Å². The average molecular weight is 276 g/mol. The van der Waals surface area contributed by atoms with E-state index in [1.165, 1.54) is 18.0 Å². The highest BCUT2D eigenvalue weighted by molar-refractivity contribution is 8.00. The maximum Gasteiger partial charge on any atom is 0.284 e. The molecule has 0 saturated carbocycles. The van der Waals surface area contributed by atoms with Gasteiger partial charge in [-0.05, 0) is 42.3 Å². The first kappa shape index (κ1) is 13.2. The Hall–Kier alpha value is -2.21. The number of para-hydroxylation sites is 1. The van der Waals surface area contributed by atoms with Gasteiger partial charge in [0.1, 0.15) is 10.6 Å². The van der Waals surface area contributed by atoms with E-state index in [-0.39, 0.29) is 5.69 Å². The molecule has 0 atom stereocenters. The molecule has 0 spiro atoms. The zero-order valence-electron chi connectivity index (χ0n) is 10.2. The minimum atomic E-state index is -0.391.